The fraction of sp³-hybridized carbons (Fsp3) is 0.588. The summed E-state index contributed by atoms with van der Waals surface area (Å²) in [6.45, 7) is 9.05. The molecular weight excluding hydrogens is 248 g/mol. The predicted octanol–water partition coefficient (Wildman–Crippen LogP) is 4.59. The third kappa shape index (κ3) is 6.59. The standard InChI is InChI=1S/C17H26OSi/c1-5-9-16-14-17(18)12-11-15(16)10-7-6-8-13-19(2,3)4/h5,9,14-15H,7,10-13H2,1-4H3/b9-5+. The lowest BCUT2D eigenvalue weighted by Gasteiger charge is -2.20. The van der Waals surface area contributed by atoms with E-state index in [4.69, 9.17) is 0 Å². The molecule has 0 saturated carbocycles. The molecule has 0 aliphatic heterocycles. The van der Waals surface area contributed by atoms with Gasteiger partial charge in [0, 0.05) is 18.9 Å². The van der Waals surface area contributed by atoms with E-state index in [1.54, 1.807) is 0 Å². The minimum Gasteiger partial charge on any atom is -0.295 e. The van der Waals surface area contributed by atoms with E-state index in [1.807, 2.05) is 19.1 Å². The fourth-order valence-electron chi connectivity index (χ4n) is 2.21. The van der Waals surface area contributed by atoms with Gasteiger partial charge in [-0.2, -0.15) is 0 Å². The van der Waals surface area contributed by atoms with Crippen molar-refractivity contribution in [3.8, 4) is 11.8 Å². The molecule has 1 unspecified atom stereocenters. The van der Waals surface area contributed by atoms with E-state index >= 15 is 0 Å². The molecule has 1 nitrogen and oxygen atoms in total. The van der Waals surface area contributed by atoms with E-state index in [0.717, 1.165) is 25.3 Å². The Morgan fingerprint density at radius 3 is 2.74 bits per heavy atom. The van der Waals surface area contributed by atoms with Crippen molar-refractivity contribution in [1.29, 1.82) is 0 Å². The van der Waals surface area contributed by atoms with Gasteiger partial charge >= 0.3 is 0 Å². The molecule has 0 bridgehead atoms. The summed E-state index contributed by atoms with van der Waals surface area (Å²) in [7, 11) is -1.02. The van der Waals surface area contributed by atoms with Gasteiger partial charge in [-0.1, -0.05) is 31.8 Å². The zero-order valence-electron chi connectivity index (χ0n) is 12.8. The van der Waals surface area contributed by atoms with Gasteiger partial charge in [0.15, 0.2) is 5.78 Å². The maximum absolute atomic E-state index is 11.4. The van der Waals surface area contributed by atoms with Gasteiger partial charge in [0.1, 0.15) is 0 Å². The van der Waals surface area contributed by atoms with Gasteiger partial charge in [-0.25, -0.2) is 0 Å². The molecule has 2 heteroatoms. The third-order valence-electron chi connectivity index (χ3n) is 3.26. The Kier molecular flexibility index (Phi) is 6.31. The molecule has 0 aromatic carbocycles. The highest BCUT2D eigenvalue weighted by atomic mass is 28.3. The van der Waals surface area contributed by atoms with Gasteiger partial charge in [-0.15, -0.1) is 11.8 Å². The van der Waals surface area contributed by atoms with Crippen LogP contribution in [0.3, 0.4) is 0 Å². The molecule has 1 aliphatic rings. The Labute approximate surface area is 119 Å². The van der Waals surface area contributed by atoms with Gasteiger partial charge in [0.25, 0.3) is 0 Å². The average molecular weight is 274 g/mol. The Morgan fingerprint density at radius 1 is 1.37 bits per heavy atom. The predicted molar refractivity (Wildman–Crippen MR) is 85.8 cm³/mol. The van der Waals surface area contributed by atoms with Crippen molar-refractivity contribution in [2.45, 2.75) is 58.3 Å². The maximum Gasteiger partial charge on any atom is 0.155 e. The van der Waals surface area contributed by atoms with Gasteiger partial charge in [0.2, 0.25) is 0 Å². The SMILES string of the molecule is C/C=C/C1=CC(=O)CCC1CCC#CC[Si](C)(C)C. The molecule has 1 atom stereocenters. The molecule has 0 fully saturated rings. The number of hydrogen-bond donors (Lipinski definition) is 0. The van der Waals surface area contributed by atoms with E-state index in [0.29, 0.717) is 12.3 Å². The summed E-state index contributed by atoms with van der Waals surface area (Å²) in [5.74, 6) is 7.44. The molecular formula is C17H26OSi. The molecule has 0 N–H and O–H groups in total. The molecule has 104 valence electrons. The van der Waals surface area contributed by atoms with E-state index in [1.165, 1.54) is 5.57 Å². The second-order valence-electron chi connectivity index (χ2n) is 6.48. The molecule has 0 radical (unpaired) electrons. The lowest BCUT2D eigenvalue weighted by atomic mass is 9.84. The second-order valence-corrected chi connectivity index (χ2v) is 12.0. The van der Waals surface area contributed by atoms with Crippen LogP contribution in [0.1, 0.15) is 32.6 Å². The van der Waals surface area contributed by atoms with Gasteiger partial charge in [-0.3, -0.25) is 4.79 Å². The number of hydrogen-bond acceptors (Lipinski definition) is 1. The van der Waals surface area contributed by atoms with Crippen LogP contribution in [-0.4, -0.2) is 13.9 Å². The second kappa shape index (κ2) is 7.50. The summed E-state index contributed by atoms with van der Waals surface area (Å²) in [4.78, 5) is 11.4. The van der Waals surface area contributed by atoms with Gasteiger partial charge in [0.05, 0.1) is 8.07 Å². The van der Waals surface area contributed by atoms with E-state index in [2.05, 4.69) is 37.6 Å². The van der Waals surface area contributed by atoms with E-state index in [-0.39, 0.29) is 5.78 Å². The first kappa shape index (κ1) is 16.0. The van der Waals surface area contributed by atoms with Crippen LogP contribution in [0.5, 0.6) is 0 Å². The van der Waals surface area contributed by atoms with Crippen molar-refractivity contribution in [2.24, 2.45) is 5.92 Å². The molecule has 0 saturated heterocycles. The molecule has 19 heavy (non-hydrogen) atoms. The van der Waals surface area contributed by atoms with Crippen molar-refractivity contribution in [3.63, 3.8) is 0 Å². The van der Waals surface area contributed by atoms with Crippen molar-refractivity contribution in [1.82, 2.24) is 0 Å². The zero-order chi connectivity index (χ0) is 14.3. The minimum atomic E-state index is -1.02. The van der Waals surface area contributed by atoms with Crippen LogP contribution in [0.15, 0.2) is 23.8 Å². The molecule has 1 aliphatic carbocycles. The first-order valence-corrected chi connectivity index (χ1v) is 11.0. The Bertz CT molecular complexity index is 426. The highest BCUT2D eigenvalue weighted by Crippen LogP contribution is 2.28. The Hall–Kier alpha value is -1.07. The van der Waals surface area contributed by atoms with Gasteiger partial charge in [-0.05, 0) is 37.3 Å². The molecule has 0 amide bonds. The number of allylic oxidation sites excluding steroid dienone is 4. The summed E-state index contributed by atoms with van der Waals surface area (Å²) >= 11 is 0. The smallest absolute Gasteiger partial charge is 0.155 e. The van der Waals surface area contributed by atoms with Crippen LogP contribution >= 0.6 is 0 Å². The topological polar surface area (TPSA) is 17.1 Å². The minimum absolute atomic E-state index is 0.272. The molecule has 0 aromatic rings. The van der Waals surface area contributed by atoms with Crippen molar-refractivity contribution in [2.75, 3.05) is 0 Å². The van der Waals surface area contributed by atoms with Crippen molar-refractivity contribution in [3.05, 3.63) is 23.8 Å². The van der Waals surface area contributed by atoms with Crippen LogP contribution < -0.4 is 0 Å². The van der Waals surface area contributed by atoms with E-state index < -0.39 is 8.07 Å². The molecule has 0 aromatic heterocycles. The first-order chi connectivity index (χ1) is 8.92. The summed E-state index contributed by atoms with van der Waals surface area (Å²) in [6.07, 6.45) is 9.66. The lowest BCUT2D eigenvalue weighted by Crippen LogP contribution is -2.17. The van der Waals surface area contributed by atoms with Crippen LogP contribution in [0.25, 0.3) is 0 Å². The number of ketones is 1. The van der Waals surface area contributed by atoms with Crippen LogP contribution in [0.2, 0.25) is 25.7 Å². The monoisotopic (exact) mass is 274 g/mol. The van der Waals surface area contributed by atoms with Crippen molar-refractivity contribution >= 4 is 13.9 Å². The number of carbonyl (C=O) groups is 1. The third-order valence-corrected chi connectivity index (χ3v) is 4.50. The van der Waals surface area contributed by atoms with Crippen LogP contribution in [0, 0.1) is 17.8 Å². The molecule has 0 spiro atoms. The zero-order valence-corrected chi connectivity index (χ0v) is 13.8. The highest BCUT2D eigenvalue weighted by molar-refractivity contribution is 6.76. The summed E-state index contributed by atoms with van der Waals surface area (Å²) in [5, 5.41) is 0. The molecule has 0 heterocycles. The summed E-state index contributed by atoms with van der Waals surface area (Å²) < 4.78 is 0. The fourth-order valence-corrected chi connectivity index (χ4v) is 2.86. The van der Waals surface area contributed by atoms with E-state index in [9.17, 15) is 4.79 Å². The summed E-state index contributed by atoms with van der Waals surface area (Å²) in [5.41, 5.74) is 1.20. The lowest BCUT2D eigenvalue weighted by molar-refractivity contribution is -0.115. The Morgan fingerprint density at radius 2 is 2.11 bits per heavy atom. The molecule has 1 rings (SSSR count). The van der Waals surface area contributed by atoms with Crippen LogP contribution in [-0.2, 0) is 4.79 Å². The normalized spacial score (nSPS) is 20.1. The van der Waals surface area contributed by atoms with Crippen LogP contribution in [0.4, 0.5) is 0 Å². The van der Waals surface area contributed by atoms with Crippen molar-refractivity contribution < 1.29 is 4.79 Å². The highest BCUT2D eigenvalue weighted by Gasteiger charge is 2.19. The largest absolute Gasteiger partial charge is 0.295 e. The average Bonchev–Trinajstić information content (AvgIpc) is 2.30. The number of carbonyl (C=O) groups excluding carboxylic acids is 1. The Balaban J connectivity index is 2.48. The number of rotatable bonds is 4. The quantitative estimate of drug-likeness (QED) is 0.541. The maximum atomic E-state index is 11.4. The van der Waals surface area contributed by atoms with Gasteiger partial charge < -0.3 is 0 Å². The first-order valence-electron chi connectivity index (χ1n) is 7.25. The summed E-state index contributed by atoms with van der Waals surface area (Å²) in [6, 6.07) is 1.09.